The summed E-state index contributed by atoms with van der Waals surface area (Å²) in [4.78, 5) is 22.7. The summed E-state index contributed by atoms with van der Waals surface area (Å²) in [6.45, 7) is 0.168. The lowest BCUT2D eigenvalue weighted by Gasteiger charge is -2.03. The number of carbonyl (C=O) groups is 2. The second kappa shape index (κ2) is 8.09. The summed E-state index contributed by atoms with van der Waals surface area (Å²) >= 11 is 5.14. The topological polar surface area (TPSA) is 88.3 Å². The Morgan fingerprint density at radius 2 is 1.73 bits per heavy atom. The molecule has 0 unspecified atom stereocenters. The maximum atomic E-state index is 11.1. The van der Waals surface area contributed by atoms with Crippen molar-refractivity contribution in [1.82, 2.24) is 0 Å². The predicted molar refractivity (Wildman–Crippen MR) is 103 cm³/mol. The monoisotopic (exact) mass is 402 g/mol. The third-order valence-electron chi connectivity index (χ3n) is 3.27. The summed E-state index contributed by atoms with van der Waals surface area (Å²) in [6.07, 6.45) is 0. The molecule has 1 heterocycles. The molecule has 0 amide bonds. The number of hydrogen-bond acceptors (Lipinski definition) is 8. The fraction of sp³-hybridized carbons (Fsp3) is 0. The lowest BCUT2D eigenvalue weighted by Crippen LogP contribution is -2.01. The van der Waals surface area contributed by atoms with Crippen molar-refractivity contribution < 1.29 is 19.4 Å². The number of hydrogen-bond donors (Lipinski definition) is 1. The molecular weight excluding hydrogens is 392 g/mol. The first-order valence-corrected chi connectivity index (χ1v) is 9.72. The van der Waals surface area contributed by atoms with Gasteiger partial charge in [-0.1, -0.05) is 45.0 Å². The number of carboxylic acid groups (broad SMARTS) is 1. The van der Waals surface area contributed by atoms with E-state index in [0.29, 0.717) is 11.4 Å². The third-order valence-corrected chi connectivity index (χ3v) is 6.18. The Labute approximate surface area is 160 Å². The van der Waals surface area contributed by atoms with Crippen LogP contribution in [0.4, 0.5) is 11.4 Å². The van der Waals surface area contributed by atoms with Gasteiger partial charge in [0.15, 0.2) is 0 Å². The molecule has 0 aliphatic rings. The van der Waals surface area contributed by atoms with Gasteiger partial charge in [0.1, 0.15) is 15.1 Å². The van der Waals surface area contributed by atoms with E-state index in [-0.39, 0.29) is 17.8 Å². The number of benzene rings is 2. The minimum absolute atomic E-state index is 0.0852. The van der Waals surface area contributed by atoms with Crippen molar-refractivity contribution in [3.05, 3.63) is 57.9 Å². The van der Waals surface area contributed by atoms with Gasteiger partial charge in [0.25, 0.3) is 6.47 Å². The maximum Gasteiger partial charge on any atom is 0.339 e. The van der Waals surface area contributed by atoms with E-state index in [2.05, 4.69) is 15.0 Å². The number of ether oxygens (including phenoxy) is 1. The molecule has 3 rings (SSSR count). The van der Waals surface area contributed by atoms with E-state index in [1.807, 2.05) is 30.3 Å². The number of carbonyl (C=O) groups excluding carboxylic acids is 1. The van der Waals surface area contributed by atoms with Crippen LogP contribution in [0.5, 0.6) is 5.75 Å². The van der Waals surface area contributed by atoms with Crippen LogP contribution in [-0.4, -0.2) is 17.5 Å². The van der Waals surface area contributed by atoms with Gasteiger partial charge in [-0.15, -0.1) is 0 Å². The molecular formula is C17H10N2O4S3. The summed E-state index contributed by atoms with van der Waals surface area (Å²) in [5.41, 5.74) is 1.92. The fourth-order valence-corrected chi connectivity index (χ4v) is 4.48. The SMILES string of the molecule is O=COc1cc(N=Nc2ccc(-c3cc(=S)ss3)cc2)ccc1C(=O)O. The number of rotatable bonds is 6. The molecule has 26 heavy (non-hydrogen) atoms. The minimum Gasteiger partial charge on any atom is -0.478 e. The average molecular weight is 402 g/mol. The molecule has 0 saturated heterocycles. The third kappa shape index (κ3) is 4.26. The molecule has 2 aromatic carbocycles. The predicted octanol–water partition coefficient (Wildman–Crippen LogP) is 5.85. The fourth-order valence-electron chi connectivity index (χ4n) is 2.08. The van der Waals surface area contributed by atoms with Crippen molar-refractivity contribution in [2.24, 2.45) is 10.2 Å². The van der Waals surface area contributed by atoms with E-state index in [1.165, 1.54) is 18.2 Å². The molecule has 9 heteroatoms. The molecule has 0 saturated carbocycles. The van der Waals surface area contributed by atoms with Crippen molar-refractivity contribution in [2.75, 3.05) is 0 Å². The lowest BCUT2D eigenvalue weighted by molar-refractivity contribution is -0.120. The van der Waals surface area contributed by atoms with Gasteiger partial charge >= 0.3 is 5.97 Å². The van der Waals surface area contributed by atoms with Crippen LogP contribution < -0.4 is 4.74 Å². The molecule has 3 aromatic rings. The summed E-state index contributed by atoms with van der Waals surface area (Å²) in [5.74, 6) is -1.28. The van der Waals surface area contributed by atoms with Crippen molar-refractivity contribution in [3.8, 4) is 16.2 Å². The van der Waals surface area contributed by atoms with Crippen LogP contribution in [-0.2, 0) is 4.79 Å². The Bertz CT molecular complexity index is 1040. The van der Waals surface area contributed by atoms with Crippen molar-refractivity contribution in [1.29, 1.82) is 0 Å². The molecule has 1 N–H and O–H groups in total. The molecule has 0 fully saturated rings. The van der Waals surface area contributed by atoms with Gasteiger partial charge in [-0.05, 0) is 35.9 Å². The minimum atomic E-state index is -1.20. The van der Waals surface area contributed by atoms with E-state index in [0.717, 1.165) is 14.3 Å². The van der Waals surface area contributed by atoms with E-state index in [4.69, 9.17) is 17.3 Å². The molecule has 130 valence electrons. The van der Waals surface area contributed by atoms with Crippen LogP contribution in [0.1, 0.15) is 10.4 Å². The Balaban J connectivity index is 1.81. The van der Waals surface area contributed by atoms with E-state index in [1.54, 1.807) is 20.7 Å². The zero-order valence-electron chi connectivity index (χ0n) is 13.0. The Morgan fingerprint density at radius 1 is 1.04 bits per heavy atom. The van der Waals surface area contributed by atoms with Gasteiger partial charge in [-0.25, -0.2) is 4.79 Å². The Kier molecular flexibility index (Phi) is 5.61. The van der Waals surface area contributed by atoms with Gasteiger partial charge in [0, 0.05) is 10.9 Å². The van der Waals surface area contributed by atoms with Crippen LogP contribution in [0.25, 0.3) is 10.4 Å². The van der Waals surface area contributed by atoms with Crippen LogP contribution in [0.15, 0.2) is 58.8 Å². The first-order valence-electron chi connectivity index (χ1n) is 7.17. The quantitative estimate of drug-likeness (QED) is 0.242. The highest BCUT2D eigenvalue weighted by Crippen LogP contribution is 2.31. The second-order valence-corrected chi connectivity index (χ2v) is 7.85. The van der Waals surface area contributed by atoms with Gasteiger partial charge in [0.2, 0.25) is 0 Å². The molecule has 0 aliphatic carbocycles. The normalized spacial score (nSPS) is 10.8. The molecule has 6 nitrogen and oxygen atoms in total. The van der Waals surface area contributed by atoms with Crippen LogP contribution in [0.3, 0.4) is 0 Å². The van der Waals surface area contributed by atoms with Crippen LogP contribution >= 0.6 is 32.9 Å². The summed E-state index contributed by atoms with van der Waals surface area (Å²) in [7, 11) is 3.18. The summed E-state index contributed by atoms with van der Waals surface area (Å²) in [5, 5.41) is 17.2. The Hall–Kier alpha value is -2.75. The van der Waals surface area contributed by atoms with Crippen LogP contribution in [0.2, 0.25) is 0 Å². The standard InChI is InChI=1S/C17H10N2O4S3/c20-9-23-14-7-12(5-6-13(14)17(21)22)19-18-11-3-1-10(2-4-11)15-8-16(24)26-25-15/h1-9H,(H,21,22). The van der Waals surface area contributed by atoms with Gasteiger partial charge in [-0.2, -0.15) is 10.2 Å². The lowest BCUT2D eigenvalue weighted by atomic mass is 10.2. The molecule has 0 radical (unpaired) electrons. The molecule has 0 bridgehead atoms. The van der Waals surface area contributed by atoms with Crippen molar-refractivity contribution in [2.45, 2.75) is 0 Å². The Morgan fingerprint density at radius 3 is 2.35 bits per heavy atom. The highest BCUT2D eigenvalue weighted by molar-refractivity contribution is 7.80. The zero-order chi connectivity index (χ0) is 18.5. The smallest absolute Gasteiger partial charge is 0.339 e. The van der Waals surface area contributed by atoms with E-state index >= 15 is 0 Å². The number of azo groups is 1. The van der Waals surface area contributed by atoms with Crippen molar-refractivity contribution >= 4 is 56.7 Å². The number of carboxylic acids is 1. The van der Waals surface area contributed by atoms with E-state index in [9.17, 15) is 9.59 Å². The number of aromatic carboxylic acids is 1. The van der Waals surface area contributed by atoms with E-state index < -0.39 is 5.97 Å². The van der Waals surface area contributed by atoms with Crippen LogP contribution in [0, 0.1) is 3.82 Å². The largest absolute Gasteiger partial charge is 0.478 e. The molecule has 0 aliphatic heterocycles. The maximum absolute atomic E-state index is 11.1. The van der Waals surface area contributed by atoms with Gasteiger partial charge in [-0.3, -0.25) is 4.79 Å². The summed E-state index contributed by atoms with van der Waals surface area (Å²) in [6, 6.07) is 13.6. The number of nitrogens with zero attached hydrogens (tertiary/aromatic N) is 2. The van der Waals surface area contributed by atoms with Gasteiger partial charge in [0.05, 0.1) is 11.4 Å². The summed E-state index contributed by atoms with van der Waals surface area (Å²) < 4.78 is 5.54. The highest BCUT2D eigenvalue weighted by Gasteiger charge is 2.12. The molecule has 1 aromatic heterocycles. The first kappa shape index (κ1) is 18.1. The van der Waals surface area contributed by atoms with Crippen molar-refractivity contribution in [3.63, 3.8) is 0 Å². The first-order chi connectivity index (χ1) is 12.6. The molecule has 0 spiro atoms. The zero-order valence-corrected chi connectivity index (χ0v) is 15.4. The highest BCUT2D eigenvalue weighted by atomic mass is 32.9. The second-order valence-electron chi connectivity index (χ2n) is 4.94. The van der Waals surface area contributed by atoms with Gasteiger partial charge < -0.3 is 9.84 Å². The molecule has 0 atom stereocenters. The average Bonchev–Trinajstić information content (AvgIpc) is 3.07.